The smallest absolute Gasteiger partial charge is 0.454 e. The van der Waals surface area contributed by atoms with Crippen molar-refractivity contribution in [2.24, 2.45) is 0 Å². The lowest BCUT2D eigenvalue weighted by molar-refractivity contribution is -0.167. The van der Waals surface area contributed by atoms with E-state index in [0.717, 1.165) is 12.1 Å². The maximum atomic E-state index is 14.6. The van der Waals surface area contributed by atoms with Gasteiger partial charge in [-0.1, -0.05) is 54.6 Å². The molecule has 1 aliphatic rings. The van der Waals surface area contributed by atoms with E-state index in [9.17, 15) is 27.3 Å². The summed E-state index contributed by atoms with van der Waals surface area (Å²) in [5, 5.41) is 4.26. The molecule has 1 unspecified atom stereocenters. The van der Waals surface area contributed by atoms with Crippen molar-refractivity contribution < 1.29 is 50.6 Å². The van der Waals surface area contributed by atoms with Gasteiger partial charge in [-0.05, 0) is 59.7 Å². The Balaban J connectivity index is 1.44. The summed E-state index contributed by atoms with van der Waals surface area (Å²) in [6, 6.07) is 26.0. The summed E-state index contributed by atoms with van der Waals surface area (Å²) < 4.78 is 80.7. The Bertz CT molecular complexity index is 1610. The van der Waals surface area contributed by atoms with Crippen LogP contribution in [0.4, 0.5) is 23.7 Å². The fourth-order valence-corrected chi connectivity index (χ4v) is 5.89. The van der Waals surface area contributed by atoms with E-state index >= 15 is 0 Å². The summed E-state index contributed by atoms with van der Waals surface area (Å²) in [7, 11) is -4.44. The van der Waals surface area contributed by atoms with E-state index in [1.807, 2.05) is 0 Å². The van der Waals surface area contributed by atoms with Crippen molar-refractivity contribution in [3.63, 3.8) is 0 Å². The lowest BCUT2D eigenvalue weighted by Crippen LogP contribution is -2.32. The molecule has 4 aromatic carbocycles. The highest BCUT2D eigenvalue weighted by molar-refractivity contribution is 7.55. The molecule has 0 aromatic heterocycles. The number of ether oxygens (including phenoxy) is 3. The molecule has 44 heavy (non-hydrogen) atoms. The van der Waals surface area contributed by atoms with Gasteiger partial charge < -0.3 is 33.9 Å². The summed E-state index contributed by atoms with van der Waals surface area (Å²) in [6.07, 6.45) is -6.11. The maximum absolute atomic E-state index is 14.6. The number of alkyl halides is 3. The van der Waals surface area contributed by atoms with Crippen LogP contribution in [0.25, 0.3) is 0 Å². The lowest BCUT2D eigenvalue weighted by atomic mass is 10.2. The number of rotatable bonds is 10. The van der Waals surface area contributed by atoms with Crippen LogP contribution < -0.4 is 29.2 Å². The highest BCUT2D eigenvalue weighted by atomic mass is 31.2. The van der Waals surface area contributed by atoms with Gasteiger partial charge in [0, 0.05) is 5.69 Å². The first-order chi connectivity index (χ1) is 21.1. The van der Waals surface area contributed by atoms with Crippen LogP contribution in [-0.4, -0.2) is 25.0 Å². The monoisotopic (exact) mass is 628 g/mol. The van der Waals surface area contributed by atoms with Crippen LogP contribution in [0.5, 0.6) is 23.0 Å². The molecular formula is C30H24F3N2O8P. The second-order valence-corrected chi connectivity index (χ2v) is 11.2. The van der Waals surface area contributed by atoms with Gasteiger partial charge in [-0.15, -0.1) is 0 Å². The quantitative estimate of drug-likeness (QED) is 0.177. The van der Waals surface area contributed by atoms with Crippen molar-refractivity contribution in [3.05, 3.63) is 114 Å². The maximum Gasteiger partial charge on any atom is 0.471 e. The Morgan fingerprint density at radius 1 is 0.818 bits per heavy atom. The first-order valence-corrected chi connectivity index (χ1v) is 14.6. The zero-order valence-electron chi connectivity index (χ0n) is 22.7. The van der Waals surface area contributed by atoms with Crippen molar-refractivity contribution in [1.29, 1.82) is 0 Å². The Hall–Kier alpha value is -5.16. The summed E-state index contributed by atoms with van der Waals surface area (Å²) in [5.41, 5.74) is 0.503. The van der Waals surface area contributed by atoms with E-state index in [-0.39, 0.29) is 36.1 Å². The summed E-state index contributed by atoms with van der Waals surface area (Å²) in [5.74, 6) is -2.36. The van der Waals surface area contributed by atoms with Gasteiger partial charge in [0.15, 0.2) is 17.3 Å². The standard InChI is InChI=1S/C30H24F3N2O8P/c31-30(32,33)28(36)34-22-14-12-21(13-15-22)27(35-29(37)39-18-20-11-16-25-26(17-20)41-19-40-25)44(38,42-23-7-3-1-4-8-23)43-24-9-5-2-6-10-24/h1-17,27H,18-19H2,(H,34,36)(H,35,37). The number of amides is 2. The third kappa shape index (κ3) is 7.61. The van der Waals surface area contributed by atoms with Gasteiger partial charge in [0.2, 0.25) is 6.79 Å². The van der Waals surface area contributed by atoms with E-state index in [1.54, 1.807) is 59.9 Å². The summed E-state index contributed by atoms with van der Waals surface area (Å²) in [4.78, 5) is 24.5. The Kier molecular flexibility index (Phi) is 8.96. The van der Waals surface area contributed by atoms with E-state index in [0.29, 0.717) is 17.1 Å². The predicted molar refractivity (Wildman–Crippen MR) is 151 cm³/mol. The van der Waals surface area contributed by atoms with Crippen molar-refractivity contribution in [2.45, 2.75) is 18.6 Å². The number of nitrogens with one attached hydrogen (secondary N) is 2. The number of carbonyl (C=O) groups excluding carboxylic acids is 2. The summed E-state index contributed by atoms with van der Waals surface area (Å²) >= 11 is 0. The molecule has 1 aliphatic heterocycles. The number of benzene rings is 4. The SMILES string of the molecule is O=C(NC(c1ccc(NC(=O)C(F)(F)F)cc1)P(=O)(Oc1ccccc1)Oc1ccccc1)OCc1ccc2c(c1)OCO2. The van der Waals surface area contributed by atoms with Gasteiger partial charge in [-0.25, -0.2) is 9.36 Å². The molecular weight excluding hydrogens is 604 g/mol. The third-order valence-electron chi connectivity index (χ3n) is 6.07. The number of hydrogen-bond acceptors (Lipinski definition) is 8. The number of alkyl carbamates (subject to hydrolysis) is 1. The number of anilines is 1. The fourth-order valence-electron chi connectivity index (χ4n) is 4.01. The minimum Gasteiger partial charge on any atom is -0.454 e. The zero-order chi connectivity index (χ0) is 31.2. The van der Waals surface area contributed by atoms with Gasteiger partial charge in [0.05, 0.1) is 0 Å². The van der Waals surface area contributed by atoms with E-state index in [1.165, 1.54) is 36.4 Å². The van der Waals surface area contributed by atoms with Gasteiger partial charge >= 0.3 is 25.8 Å². The third-order valence-corrected chi connectivity index (χ3v) is 8.06. The van der Waals surface area contributed by atoms with Crippen LogP contribution in [0, 0.1) is 0 Å². The van der Waals surface area contributed by atoms with Crippen LogP contribution in [0.2, 0.25) is 0 Å². The average Bonchev–Trinajstić information content (AvgIpc) is 3.48. The molecule has 5 rings (SSSR count). The van der Waals surface area contributed by atoms with Crippen LogP contribution in [0.3, 0.4) is 0 Å². The Labute approximate surface area is 249 Å². The predicted octanol–water partition coefficient (Wildman–Crippen LogP) is 7.19. The van der Waals surface area contributed by atoms with Gasteiger partial charge in [0.25, 0.3) is 0 Å². The molecule has 1 heterocycles. The molecule has 10 nitrogen and oxygen atoms in total. The minimum atomic E-state index is -5.10. The molecule has 0 bridgehead atoms. The van der Waals surface area contributed by atoms with Gasteiger partial charge in [-0.2, -0.15) is 13.2 Å². The van der Waals surface area contributed by atoms with E-state index in [2.05, 4.69) is 5.32 Å². The molecule has 0 radical (unpaired) electrons. The minimum absolute atomic E-state index is 0.0681. The molecule has 0 saturated carbocycles. The number of hydrogen-bond donors (Lipinski definition) is 2. The molecule has 228 valence electrons. The molecule has 0 fully saturated rings. The first kappa shape index (κ1) is 30.3. The highest BCUT2D eigenvalue weighted by Gasteiger charge is 2.43. The van der Waals surface area contributed by atoms with Crippen LogP contribution in [0.15, 0.2) is 103 Å². The Morgan fingerprint density at radius 2 is 1.41 bits per heavy atom. The van der Waals surface area contributed by atoms with Crippen molar-refractivity contribution in [1.82, 2.24) is 5.32 Å². The molecule has 4 aromatic rings. The van der Waals surface area contributed by atoms with Crippen LogP contribution >= 0.6 is 7.60 Å². The second kappa shape index (κ2) is 13.0. The van der Waals surface area contributed by atoms with Crippen molar-refractivity contribution in [3.8, 4) is 23.0 Å². The molecule has 2 N–H and O–H groups in total. The highest BCUT2D eigenvalue weighted by Crippen LogP contribution is 2.59. The van der Waals surface area contributed by atoms with Crippen LogP contribution in [0.1, 0.15) is 16.9 Å². The molecule has 2 amide bonds. The fraction of sp³-hybridized carbons (Fsp3) is 0.133. The van der Waals surface area contributed by atoms with Crippen molar-refractivity contribution in [2.75, 3.05) is 12.1 Å². The Morgan fingerprint density at radius 3 is 2.00 bits per heavy atom. The van der Waals surface area contributed by atoms with Crippen LogP contribution in [-0.2, 0) is 20.7 Å². The normalized spacial score (nSPS) is 13.0. The van der Waals surface area contributed by atoms with E-state index in [4.69, 9.17) is 23.3 Å². The number of carbonyl (C=O) groups is 2. The van der Waals surface area contributed by atoms with Gasteiger partial charge in [0.1, 0.15) is 18.1 Å². The first-order valence-electron chi connectivity index (χ1n) is 13.0. The second-order valence-electron chi connectivity index (χ2n) is 9.23. The lowest BCUT2D eigenvalue weighted by Gasteiger charge is -2.28. The largest absolute Gasteiger partial charge is 0.471 e. The number of halogens is 3. The molecule has 0 saturated heterocycles. The summed E-state index contributed by atoms with van der Waals surface area (Å²) in [6.45, 7) is -0.125. The molecule has 14 heteroatoms. The van der Waals surface area contributed by atoms with Gasteiger partial charge in [-0.3, -0.25) is 4.79 Å². The molecule has 1 atom stereocenters. The topological polar surface area (TPSA) is 121 Å². The molecule has 0 aliphatic carbocycles. The van der Waals surface area contributed by atoms with Crippen molar-refractivity contribution >= 4 is 25.3 Å². The molecule has 0 spiro atoms. The zero-order valence-corrected chi connectivity index (χ0v) is 23.5. The average molecular weight is 628 g/mol. The number of para-hydroxylation sites is 2. The van der Waals surface area contributed by atoms with E-state index < -0.39 is 31.6 Å². The number of fused-ring (bicyclic) bond motifs is 1.